The van der Waals surface area contributed by atoms with Crippen LogP contribution in [0.4, 0.5) is 0 Å². The maximum atomic E-state index is 13.1. The predicted molar refractivity (Wildman–Crippen MR) is 108 cm³/mol. The van der Waals surface area contributed by atoms with Crippen LogP contribution < -0.4 is 10.1 Å². The number of ketones is 1. The maximum Gasteiger partial charge on any atom is 0.179 e. The van der Waals surface area contributed by atoms with Gasteiger partial charge in [0, 0.05) is 23.2 Å². The van der Waals surface area contributed by atoms with Gasteiger partial charge in [0.05, 0.1) is 6.04 Å². The summed E-state index contributed by atoms with van der Waals surface area (Å²) in [5.74, 6) is 1.73. The highest BCUT2D eigenvalue weighted by Gasteiger charge is 2.36. The molecule has 4 nitrogen and oxygen atoms in total. The van der Waals surface area contributed by atoms with Gasteiger partial charge in [-0.05, 0) is 87.3 Å². The Morgan fingerprint density at radius 2 is 2.00 bits per heavy atom. The first-order valence-corrected chi connectivity index (χ1v) is 10.0. The largest absolute Gasteiger partial charge is 0.457 e. The summed E-state index contributed by atoms with van der Waals surface area (Å²) in [6.45, 7) is 5.04. The van der Waals surface area contributed by atoms with Crippen LogP contribution in [0.2, 0.25) is 5.02 Å². The highest BCUT2D eigenvalue weighted by atomic mass is 35.5. The monoisotopic (exact) mass is 384 g/mol. The second-order valence-electron chi connectivity index (χ2n) is 7.44. The lowest BCUT2D eigenvalue weighted by Crippen LogP contribution is -2.44. The third-order valence-corrected chi connectivity index (χ3v) is 5.84. The van der Waals surface area contributed by atoms with Crippen molar-refractivity contribution in [1.29, 1.82) is 0 Å². The summed E-state index contributed by atoms with van der Waals surface area (Å²) in [7, 11) is 0. The van der Waals surface area contributed by atoms with E-state index in [1.807, 2.05) is 49.4 Å². The molecule has 2 fully saturated rings. The smallest absolute Gasteiger partial charge is 0.179 e. The summed E-state index contributed by atoms with van der Waals surface area (Å²) >= 11 is 6.00. The van der Waals surface area contributed by atoms with Gasteiger partial charge in [0.2, 0.25) is 0 Å². The molecule has 27 heavy (non-hydrogen) atoms. The number of ether oxygens (including phenoxy) is 1. The molecule has 2 aromatic rings. The Morgan fingerprint density at radius 1 is 1.19 bits per heavy atom. The van der Waals surface area contributed by atoms with E-state index in [1.54, 1.807) is 0 Å². The van der Waals surface area contributed by atoms with Gasteiger partial charge in [-0.3, -0.25) is 9.69 Å². The Kier molecular flexibility index (Phi) is 5.48. The predicted octanol–water partition coefficient (Wildman–Crippen LogP) is 4.45. The number of aryl methyl sites for hydroxylation is 1. The van der Waals surface area contributed by atoms with Gasteiger partial charge in [-0.25, -0.2) is 0 Å². The summed E-state index contributed by atoms with van der Waals surface area (Å²) in [6, 6.07) is 13.6. The zero-order valence-electron chi connectivity index (χ0n) is 15.6. The minimum Gasteiger partial charge on any atom is -0.457 e. The molecule has 0 bridgehead atoms. The highest BCUT2D eigenvalue weighted by molar-refractivity contribution is 6.30. The van der Waals surface area contributed by atoms with Crippen LogP contribution in [0.15, 0.2) is 42.5 Å². The molecular weight excluding hydrogens is 360 g/mol. The average molecular weight is 385 g/mol. The van der Waals surface area contributed by atoms with Gasteiger partial charge in [0.15, 0.2) is 5.78 Å². The van der Waals surface area contributed by atoms with E-state index in [4.69, 9.17) is 16.3 Å². The molecule has 0 saturated carbocycles. The van der Waals surface area contributed by atoms with Gasteiger partial charge < -0.3 is 10.1 Å². The third-order valence-electron chi connectivity index (χ3n) is 5.60. The van der Waals surface area contributed by atoms with Gasteiger partial charge >= 0.3 is 0 Å². The van der Waals surface area contributed by atoms with Crippen LogP contribution >= 0.6 is 11.6 Å². The molecule has 0 aliphatic carbocycles. The van der Waals surface area contributed by atoms with Crippen LogP contribution in [0.3, 0.4) is 0 Å². The van der Waals surface area contributed by atoms with Crippen molar-refractivity contribution in [3.05, 3.63) is 58.6 Å². The van der Waals surface area contributed by atoms with Gasteiger partial charge in [-0.1, -0.05) is 11.6 Å². The summed E-state index contributed by atoms with van der Waals surface area (Å²) in [6.07, 6.45) is 3.19. The fraction of sp³-hybridized carbons (Fsp3) is 0.409. The van der Waals surface area contributed by atoms with Gasteiger partial charge in [0.25, 0.3) is 0 Å². The summed E-state index contributed by atoms with van der Waals surface area (Å²) in [5.41, 5.74) is 1.74. The number of nitrogens with one attached hydrogen (secondary N) is 1. The van der Waals surface area contributed by atoms with Crippen LogP contribution in [0.25, 0.3) is 0 Å². The summed E-state index contributed by atoms with van der Waals surface area (Å²) in [4.78, 5) is 15.5. The number of nitrogens with zero attached hydrogens (tertiary/aromatic N) is 1. The Balaban J connectivity index is 1.45. The molecule has 0 aromatic heterocycles. The second kappa shape index (κ2) is 8.01. The van der Waals surface area contributed by atoms with E-state index in [1.165, 1.54) is 0 Å². The van der Waals surface area contributed by atoms with E-state index in [0.717, 1.165) is 61.5 Å². The van der Waals surface area contributed by atoms with Gasteiger partial charge in [-0.2, -0.15) is 0 Å². The number of likely N-dealkylation sites (tertiary alicyclic amines) is 1. The van der Waals surface area contributed by atoms with Crippen LogP contribution in [-0.4, -0.2) is 42.4 Å². The molecule has 2 aromatic carbocycles. The molecule has 0 radical (unpaired) electrons. The summed E-state index contributed by atoms with van der Waals surface area (Å²) in [5, 5.41) is 4.10. The number of hydrogen-bond donors (Lipinski definition) is 1. The van der Waals surface area contributed by atoms with Gasteiger partial charge in [0.1, 0.15) is 11.5 Å². The van der Waals surface area contributed by atoms with E-state index in [-0.39, 0.29) is 11.8 Å². The first-order valence-electron chi connectivity index (χ1n) is 9.66. The van der Waals surface area contributed by atoms with E-state index in [2.05, 4.69) is 10.2 Å². The number of hydrogen-bond acceptors (Lipinski definition) is 4. The molecule has 5 heteroatoms. The SMILES string of the molecule is Cc1cc(Cl)ccc1Oc1ccc(C(=O)[C@H]2CCCN2[C@H]2CCNC2)cc1. The standard InChI is InChI=1S/C22H25ClN2O2/c1-15-13-17(23)6-9-21(15)27-19-7-4-16(5-8-19)22(26)20-3-2-12-25(20)18-10-11-24-14-18/h4-9,13,18,20,24H,2-3,10-12,14H2,1H3/t18-,20+/m0/s1. The molecule has 0 amide bonds. The summed E-state index contributed by atoms with van der Waals surface area (Å²) < 4.78 is 5.94. The molecular formula is C22H25ClN2O2. The molecule has 2 atom stereocenters. The number of carbonyl (C=O) groups is 1. The topological polar surface area (TPSA) is 41.6 Å². The number of Topliss-reactive ketones (excluding diaryl/α,β-unsaturated/α-hetero) is 1. The van der Waals surface area contributed by atoms with Crippen LogP contribution in [0.1, 0.15) is 35.2 Å². The first kappa shape index (κ1) is 18.5. The third kappa shape index (κ3) is 4.03. The zero-order chi connectivity index (χ0) is 18.8. The van der Waals surface area contributed by atoms with Crippen molar-refractivity contribution < 1.29 is 9.53 Å². The fourth-order valence-electron chi connectivity index (χ4n) is 4.16. The Labute approximate surface area is 165 Å². The Hall–Kier alpha value is -1.88. The van der Waals surface area contributed by atoms with Crippen molar-refractivity contribution in [3.63, 3.8) is 0 Å². The van der Waals surface area contributed by atoms with Crippen molar-refractivity contribution in [3.8, 4) is 11.5 Å². The fourth-order valence-corrected chi connectivity index (χ4v) is 4.39. The quantitative estimate of drug-likeness (QED) is 0.773. The van der Waals surface area contributed by atoms with Crippen LogP contribution in [0.5, 0.6) is 11.5 Å². The molecule has 1 N–H and O–H groups in total. The average Bonchev–Trinajstić information content (AvgIpc) is 3.35. The molecule has 142 valence electrons. The Bertz CT molecular complexity index is 816. The van der Waals surface area contributed by atoms with E-state index >= 15 is 0 Å². The number of benzene rings is 2. The van der Waals surface area contributed by atoms with Crippen molar-refractivity contribution in [2.75, 3.05) is 19.6 Å². The minimum atomic E-state index is 0.0141. The van der Waals surface area contributed by atoms with E-state index in [0.29, 0.717) is 11.1 Å². The van der Waals surface area contributed by atoms with Gasteiger partial charge in [-0.15, -0.1) is 0 Å². The first-order chi connectivity index (χ1) is 13.1. The maximum absolute atomic E-state index is 13.1. The van der Waals surface area contributed by atoms with Crippen molar-refractivity contribution in [2.45, 2.75) is 38.3 Å². The Morgan fingerprint density at radius 3 is 2.70 bits per heavy atom. The molecule has 2 aliphatic rings. The lowest BCUT2D eigenvalue weighted by Gasteiger charge is -2.29. The molecule has 0 unspecified atom stereocenters. The van der Waals surface area contributed by atoms with Crippen molar-refractivity contribution in [1.82, 2.24) is 10.2 Å². The molecule has 2 heterocycles. The normalized spacial score (nSPS) is 22.9. The van der Waals surface area contributed by atoms with E-state index in [9.17, 15) is 4.79 Å². The second-order valence-corrected chi connectivity index (χ2v) is 7.88. The van der Waals surface area contributed by atoms with E-state index < -0.39 is 0 Å². The number of carbonyl (C=O) groups excluding carboxylic acids is 1. The van der Waals surface area contributed by atoms with Crippen molar-refractivity contribution >= 4 is 17.4 Å². The van der Waals surface area contributed by atoms with Crippen LogP contribution in [-0.2, 0) is 0 Å². The molecule has 4 rings (SSSR count). The lowest BCUT2D eigenvalue weighted by atomic mass is 10.0. The number of halogens is 1. The molecule has 2 aliphatic heterocycles. The lowest BCUT2D eigenvalue weighted by molar-refractivity contribution is 0.0826. The zero-order valence-corrected chi connectivity index (χ0v) is 16.3. The minimum absolute atomic E-state index is 0.0141. The highest BCUT2D eigenvalue weighted by Crippen LogP contribution is 2.29. The molecule has 0 spiro atoms. The number of rotatable bonds is 5. The molecule has 2 saturated heterocycles. The van der Waals surface area contributed by atoms with Crippen molar-refractivity contribution in [2.24, 2.45) is 0 Å². The van der Waals surface area contributed by atoms with Crippen LogP contribution in [0, 0.1) is 6.92 Å².